The average molecular weight is 496 g/mol. The maximum atomic E-state index is 12.7. The van der Waals surface area contributed by atoms with Gasteiger partial charge in [-0.3, -0.25) is 9.59 Å². The van der Waals surface area contributed by atoms with Gasteiger partial charge in [0.1, 0.15) is 0 Å². The highest BCUT2D eigenvalue weighted by Crippen LogP contribution is 2.40. The standard InChI is InChI=1S/C28H22ClN5O2/c29-19-8-11-21-23(13-19)32-25(35)12-18-15-30-28(34-26(18)21)31-20-9-6-17(7-10-20)27(36)33-24-14-22(24)16-4-2-1-3-5-16/h1-11,13,15,22,24H,12,14H2,(H,32,35)(H,33,36)(H,30,31,34)/t22?,24-/m0/s1. The van der Waals surface area contributed by atoms with Crippen molar-refractivity contribution in [1.82, 2.24) is 15.3 Å². The number of aromatic nitrogens is 2. The van der Waals surface area contributed by atoms with Crippen LogP contribution in [0.15, 0.2) is 79.0 Å². The third-order valence-corrected chi connectivity index (χ3v) is 6.70. The van der Waals surface area contributed by atoms with Crippen LogP contribution in [-0.4, -0.2) is 27.8 Å². The second kappa shape index (κ2) is 9.09. The van der Waals surface area contributed by atoms with Gasteiger partial charge in [0, 0.05) is 45.6 Å². The predicted octanol–water partition coefficient (Wildman–Crippen LogP) is 5.32. The summed E-state index contributed by atoms with van der Waals surface area (Å²) in [6.45, 7) is 0. The molecule has 2 atom stereocenters. The zero-order valence-corrected chi connectivity index (χ0v) is 19.9. The van der Waals surface area contributed by atoms with Gasteiger partial charge >= 0.3 is 0 Å². The number of carbonyl (C=O) groups is 2. The molecule has 4 aromatic rings. The first-order valence-corrected chi connectivity index (χ1v) is 12.1. The minimum absolute atomic E-state index is 0.0845. The molecule has 3 N–H and O–H groups in total. The summed E-state index contributed by atoms with van der Waals surface area (Å²) in [6, 6.07) is 23.0. The maximum absolute atomic E-state index is 12.7. The molecule has 8 heteroatoms. The Morgan fingerprint density at radius 3 is 2.64 bits per heavy atom. The largest absolute Gasteiger partial charge is 0.349 e. The monoisotopic (exact) mass is 495 g/mol. The first-order chi connectivity index (χ1) is 17.5. The Bertz CT molecular complexity index is 1470. The van der Waals surface area contributed by atoms with Gasteiger partial charge in [-0.25, -0.2) is 9.97 Å². The Morgan fingerprint density at radius 2 is 1.83 bits per heavy atom. The van der Waals surface area contributed by atoms with Crippen LogP contribution in [0, 0.1) is 0 Å². The molecule has 1 aromatic heterocycles. The van der Waals surface area contributed by atoms with Gasteiger partial charge in [-0.1, -0.05) is 41.9 Å². The van der Waals surface area contributed by atoms with Gasteiger partial charge < -0.3 is 16.0 Å². The molecule has 36 heavy (non-hydrogen) atoms. The molecule has 1 saturated carbocycles. The molecule has 3 aromatic carbocycles. The van der Waals surface area contributed by atoms with E-state index >= 15 is 0 Å². The van der Waals surface area contributed by atoms with Crippen molar-refractivity contribution < 1.29 is 9.59 Å². The predicted molar refractivity (Wildman–Crippen MR) is 140 cm³/mol. The van der Waals surface area contributed by atoms with Crippen LogP contribution >= 0.6 is 11.6 Å². The smallest absolute Gasteiger partial charge is 0.251 e. The van der Waals surface area contributed by atoms with Crippen LogP contribution in [0.3, 0.4) is 0 Å². The summed E-state index contributed by atoms with van der Waals surface area (Å²) in [5.41, 5.74) is 5.42. The highest BCUT2D eigenvalue weighted by molar-refractivity contribution is 6.31. The molecule has 0 radical (unpaired) electrons. The number of carbonyl (C=O) groups excluding carboxylic acids is 2. The lowest BCUT2D eigenvalue weighted by Crippen LogP contribution is -2.26. The van der Waals surface area contributed by atoms with Crippen LogP contribution in [0.1, 0.15) is 33.8 Å². The van der Waals surface area contributed by atoms with Crippen LogP contribution in [-0.2, 0) is 11.2 Å². The van der Waals surface area contributed by atoms with Gasteiger partial charge in [0.2, 0.25) is 11.9 Å². The number of benzene rings is 3. The van der Waals surface area contributed by atoms with Crippen molar-refractivity contribution in [2.24, 2.45) is 0 Å². The molecule has 6 rings (SSSR count). The van der Waals surface area contributed by atoms with Crippen molar-refractivity contribution in [2.75, 3.05) is 10.6 Å². The first-order valence-electron chi connectivity index (χ1n) is 11.7. The molecule has 0 spiro atoms. The van der Waals surface area contributed by atoms with E-state index in [1.807, 2.05) is 36.4 Å². The van der Waals surface area contributed by atoms with Crippen molar-refractivity contribution in [3.05, 3.63) is 101 Å². The minimum Gasteiger partial charge on any atom is -0.349 e. The molecule has 0 bridgehead atoms. The Kier molecular flexibility index (Phi) is 5.62. The summed E-state index contributed by atoms with van der Waals surface area (Å²) < 4.78 is 0. The van der Waals surface area contributed by atoms with Crippen LogP contribution in [0.4, 0.5) is 17.3 Å². The fourth-order valence-electron chi connectivity index (χ4n) is 4.53. The van der Waals surface area contributed by atoms with E-state index in [0.717, 1.165) is 23.2 Å². The zero-order valence-electron chi connectivity index (χ0n) is 19.2. The van der Waals surface area contributed by atoms with Crippen molar-refractivity contribution in [2.45, 2.75) is 24.8 Å². The van der Waals surface area contributed by atoms with Crippen molar-refractivity contribution in [3.8, 4) is 11.3 Å². The molecular weight excluding hydrogens is 474 g/mol. The molecule has 0 saturated heterocycles. The van der Waals surface area contributed by atoms with Crippen molar-refractivity contribution >= 4 is 40.7 Å². The highest BCUT2D eigenvalue weighted by atomic mass is 35.5. The summed E-state index contributed by atoms with van der Waals surface area (Å²) in [5.74, 6) is 0.549. The summed E-state index contributed by atoms with van der Waals surface area (Å²) in [4.78, 5) is 34.1. The summed E-state index contributed by atoms with van der Waals surface area (Å²) in [6.07, 6.45) is 2.80. The quantitative estimate of drug-likeness (QED) is 0.348. The number of fused-ring (bicyclic) bond motifs is 3. The summed E-state index contributed by atoms with van der Waals surface area (Å²) >= 11 is 6.12. The first kappa shape index (κ1) is 22.2. The Balaban J connectivity index is 1.16. The second-order valence-corrected chi connectivity index (χ2v) is 9.45. The fourth-order valence-corrected chi connectivity index (χ4v) is 4.70. The number of anilines is 3. The van der Waals surface area contributed by atoms with E-state index in [-0.39, 0.29) is 24.3 Å². The molecule has 2 aliphatic rings. The molecule has 2 amide bonds. The molecule has 2 heterocycles. The van der Waals surface area contributed by atoms with E-state index in [2.05, 4.69) is 38.1 Å². The molecular formula is C28H22ClN5O2. The van der Waals surface area contributed by atoms with Crippen LogP contribution < -0.4 is 16.0 Å². The van der Waals surface area contributed by atoms with E-state index in [1.54, 1.807) is 30.5 Å². The van der Waals surface area contributed by atoms with E-state index in [9.17, 15) is 9.59 Å². The van der Waals surface area contributed by atoms with Gasteiger partial charge in [-0.15, -0.1) is 0 Å². The van der Waals surface area contributed by atoms with E-state index in [0.29, 0.717) is 33.8 Å². The van der Waals surface area contributed by atoms with Gasteiger partial charge in [-0.2, -0.15) is 0 Å². The summed E-state index contributed by atoms with van der Waals surface area (Å²) in [5, 5.41) is 9.72. The Labute approximate surface area is 212 Å². The van der Waals surface area contributed by atoms with Gasteiger partial charge in [0.25, 0.3) is 5.91 Å². The highest BCUT2D eigenvalue weighted by Gasteiger charge is 2.39. The lowest BCUT2D eigenvalue weighted by atomic mass is 10.1. The molecule has 178 valence electrons. The van der Waals surface area contributed by atoms with Crippen LogP contribution in [0.2, 0.25) is 5.02 Å². The van der Waals surface area contributed by atoms with Crippen molar-refractivity contribution in [1.29, 1.82) is 0 Å². The molecule has 1 aliphatic carbocycles. The van der Waals surface area contributed by atoms with Crippen molar-refractivity contribution in [3.63, 3.8) is 0 Å². The summed E-state index contributed by atoms with van der Waals surface area (Å²) in [7, 11) is 0. The lowest BCUT2D eigenvalue weighted by Gasteiger charge is -2.11. The van der Waals surface area contributed by atoms with Gasteiger partial charge in [0.05, 0.1) is 17.8 Å². The van der Waals surface area contributed by atoms with E-state index in [1.165, 1.54) is 5.56 Å². The van der Waals surface area contributed by atoms with Gasteiger partial charge in [0.15, 0.2) is 0 Å². The molecule has 1 fully saturated rings. The number of hydrogen-bond acceptors (Lipinski definition) is 5. The van der Waals surface area contributed by atoms with Crippen LogP contribution in [0.5, 0.6) is 0 Å². The third-order valence-electron chi connectivity index (χ3n) is 6.46. The number of nitrogens with one attached hydrogen (secondary N) is 3. The average Bonchev–Trinajstić information content (AvgIpc) is 3.66. The third kappa shape index (κ3) is 4.53. The second-order valence-electron chi connectivity index (χ2n) is 9.02. The van der Waals surface area contributed by atoms with Gasteiger partial charge in [-0.05, 0) is 54.4 Å². The minimum atomic E-state index is -0.142. The number of halogens is 1. The number of amides is 2. The number of hydrogen-bond donors (Lipinski definition) is 3. The number of rotatable bonds is 5. The molecule has 1 unspecified atom stereocenters. The Hall–Kier alpha value is -4.23. The normalized spacial score (nSPS) is 17.8. The zero-order chi connectivity index (χ0) is 24.6. The maximum Gasteiger partial charge on any atom is 0.251 e. The topological polar surface area (TPSA) is 96.0 Å². The lowest BCUT2D eigenvalue weighted by molar-refractivity contribution is -0.115. The van der Waals surface area contributed by atoms with E-state index in [4.69, 9.17) is 11.6 Å². The van der Waals surface area contributed by atoms with E-state index < -0.39 is 0 Å². The molecule has 7 nitrogen and oxygen atoms in total. The van der Waals surface area contributed by atoms with Crippen LogP contribution in [0.25, 0.3) is 11.3 Å². The fraction of sp³-hybridized carbons (Fsp3) is 0.143. The Morgan fingerprint density at radius 1 is 1.03 bits per heavy atom. The molecule has 1 aliphatic heterocycles. The SMILES string of the molecule is O=C1Cc2cnc(Nc3ccc(C(=O)N[C@H]4CC4c4ccccc4)cc3)nc2-c2ccc(Cl)cc2N1. The number of nitrogens with zero attached hydrogens (tertiary/aromatic N) is 2.